The monoisotopic (exact) mass is 282 g/mol. The molecule has 1 aromatic rings. The molecule has 0 aliphatic heterocycles. The third-order valence-electron chi connectivity index (χ3n) is 3.61. The zero-order valence-corrected chi connectivity index (χ0v) is 11.5. The lowest BCUT2D eigenvalue weighted by molar-refractivity contribution is 0.0910. The number of nitrogens with two attached hydrogens (primary N) is 1. The molecular weight excluding hydrogens is 264 g/mol. The van der Waals surface area contributed by atoms with Crippen LogP contribution in [0.5, 0.6) is 0 Å². The Labute approximate surface area is 117 Å². The third kappa shape index (κ3) is 3.85. The van der Waals surface area contributed by atoms with Crippen molar-refractivity contribution in [1.82, 2.24) is 5.32 Å². The fraction of sp³-hybridized carbons (Fsp3) is 0.500. The number of aliphatic hydroxyl groups is 1. The molecule has 5 heteroatoms. The molecular formula is C14H19ClN2O2. The summed E-state index contributed by atoms with van der Waals surface area (Å²) in [6, 6.07) is 4.88. The summed E-state index contributed by atoms with van der Waals surface area (Å²) in [5, 5.41) is 12.7. The van der Waals surface area contributed by atoms with Gasteiger partial charge in [-0.3, -0.25) is 4.79 Å². The number of halogens is 1. The molecule has 1 aliphatic carbocycles. The smallest absolute Gasteiger partial charge is 0.252 e. The van der Waals surface area contributed by atoms with Crippen molar-refractivity contribution < 1.29 is 9.90 Å². The van der Waals surface area contributed by atoms with Crippen LogP contribution < -0.4 is 11.1 Å². The standard InChI is InChI=1S/C14H19ClN2O2/c15-13-7-10(16)3-6-12(13)14(19)17-8-9-1-4-11(18)5-2-9/h3,6-7,9,11,18H,1-2,4-5,8,16H2,(H,17,19). The molecule has 0 bridgehead atoms. The molecule has 0 radical (unpaired) electrons. The van der Waals surface area contributed by atoms with Crippen LogP contribution in [0.4, 0.5) is 5.69 Å². The van der Waals surface area contributed by atoms with Crippen LogP contribution in [0, 0.1) is 5.92 Å². The number of hydrogen-bond donors (Lipinski definition) is 3. The largest absolute Gasteiger partial charge is 0.399 e. The van der Waals surface area contributed by atoms with Gasteiger partial charge in [0.25, 0.3) is 5.91 Å². The number of nitrogen functional groups attached to an aromatic ring is 1. The lowest BCUT2D eigenvalue weighted by Crippen LogP contribution is -2.32. The summed E-state index contributed by atoms with van der Waals surface area (Å²) in [5.41, 5.74) is 6.59. The van der Waals surface area contributed by atoms with E-state index in [-0.39, 0.29) is 12.0 Å². The van der Waals surface area contributed by atoms with E-state index in [0.717, 1.165) is 25.7 Å². The number of carbonyl (C=O) groups is 1. The van der Waals surface area contributed by atoms with Crippen LogP contribution in [0.2, 0.25) is 5.02 Å². The maximum absolute atomic E-state index is 12.0. The minimum atomic E-state index is -0.170. The maximum Gasteiger partial charge on any atom is 0.252 e. The second-order valence-corrected chi connectivity index (χ2v) is 5.53. The Morgan fingerprint density at radius 3 is 2.68 bits per heavy atom. The van der Waals surface area contributed by atoms with Gasteiger partial charge in [-0.15, -0.1) is 0 Å². The van der Waals surface area contributed by atoms with E-state index in [2.05, 4.69) is 5.32 Å². The average molecular weight is 283 g/mol. The number of anilines is 1. The Morgan fingerprint density at radius 1 is 1.37 bits per heavy atom. The SMILES string of the molecule is Nc1ccc(C(=O)NCC2CCC(O)CC2)c(Cl)c1. The Kier molecular flexibility index (Phi) is 4.66. The Bertz CT molecular complexity index is 457. The third-order valence-corrected chi connectivity index (χ3v) is 3.92. The predicted octanol–water partition coefficient (Wildman–Crippen LogP) is 2.20. The van der Waals surface area contributed by atoms with Crippen LogP contribution in [0.3, 0.4) is 0 Å². The molecule has 0 saturated heterocycles. The van der Waals surface area contributed by atoms with Crippen molar-refractivity contribution >= 4 is 23.2 Å². The first-order valence-electron chi connectivity index (χ1n) is 6.57. The highest BCUT2D eigenvalue weighted by Gasteiger charge is 2.20. The topological polar surface area (TPSA) is 75.4 Å². The second-order valence-electron chi connectivity index (χ2n) is 5.12. The number of carbonyl (C=O) groups excluding carboxylic acids is 1. The number of rotatable bonds is 3. The van der Waals surface area contributed by atoms with Crippen LogP contribution in [0.15, 0.2) is 18.2 Å². The Morgan fingerprint density at radius 2 is 2.05 bits per heavy atom. The molecule has 0 aromatic heterocycles. The zero-order chi connectivity index (χ0) is 13.8. The van der Waals surface area contributed by atoms with E-state index in [1.807, 2.05) is 0 Å². The van der Waals surface area contributed by atoms with Crippen LogP contribution in [-0.4, -0.2) is 23.7 Å². The molecule has 0 spiro atoms. The van der Waals surface area contributed by atoms with E-state index in [1.165, 1.54) is 0 Å². The van der Waals surface area contributed by atoms with Crippen LogP contribution in [0.1, 0.15) is 36.0 Å². The van der Waals surface area contributed by atoms with E-state index in [9.17, 15) is 9.90 Å². The van der Waals surface area contributed by atoms with Crippen molar-refractivity contribution in [2.75, 3.05) is 12.3 Å². The van der Waals surface area contributed by atoms with Crippen molar-refractivity contribution in [1.29, 1.82) is 0 Å². The number of amides is 1. The molecule has 0 heterocycles. The van der Waals surface area contributed by atoms with Gasteiger partial charge in [0.1, 0.15) is 0 Å². The second kappa shape index (κ2) is 6.26. The number of aliphatic hydroxyl groups excluding tert-OH is 1. The quantitative estimate of drug-likeness (QED) is 0.744. The Hall–Kier alpha value is -1.26. The van der Waals surface area contributed by atoms with Crippen LogP contribution in [-0.2, 0) is 0 Å². The minimum absolute atomic E-state index is 0.168. The first-order valence-corrected chi connectivity index (χ1v) is 6.95. The minimum Gasteiger partial charge on any atom is -0.399 e. The summed E-state index contributed by atoms with van der Waals surface area (Å²) < 4.78 is 0. The molecule has 1 fully saturated rings. The van der Waals surface area contributed by atoms with Crippen LogP contribution >= 0.6 is 11.6 Å². The van der Waals surface area contributed by atoms with E-state index < -0.39 is 0 Å². The lowest BCUT2D eigenvalue weighted by Gasteiger charge is -2.25. The molecule has 4 nitrogen and oxygen atoms in total. The average Bonchev–Trinajstić information content (AvgIpc) is 2.37. The van der Waals surface area contributed by atoms with Crippen molar-refractivity contribution in [3.05, 3.63) is 28.8 Å². The Balaban J connectivity index is 1.87. The van der Waals surface area contributed by atoms with E-state index >= 15 is 0 Å². The summed E-state index contributed by atoms with van der Waals surface area (Å²) in [7, 11) is 0. The van der Waals surface area contributed by atoms with E-state index in [1.54, 1.807) is 18.2 Å². The fourth-order valence-corrected chi connectivity index (χ4v) is 2.67. The normalized spacial score (nSPS) is 23.1. The highest BCUT2D eigenvalue weighted by molar-refractivity contribution is 6.34. The molecule has 2 rings (SSSR count). The highest BCUT2D eigenvalue weighted by Crippen LogP contribution is 2.24. The summed E-state index contributed by atoms with van der Waals surface area (Å²) >= 11 is 5.99. The van der Waals surface area contributed by atoms with E-state index in [4.69, 9.17) is 17.3 Å². The van der Waals surface area contributed by atoms with Crippen LogP contribution in [0.25, 0.3) is 0 Å². The van der Waals surface area contributed by atoms with Gasteiger partial charge in [-0.05, 0) is 49.8 Å². The molecule has 4 N–H and O–H groups in total. The van der Waals surface area contributed by atoms with Crippen molar-refractivity contribution in [3.8, 4) is 0 Å². The van der Waals surface area contributed by atoms with Gasteiger partial charge in [-0.25, -0.2) is 0 Å². The van der Waals surface area contributed by atoms with E-state index in [0.29, 0.717) is 28.7 Å². The van der Waals surface area contributed by atoms with Crippen molar-refractivity contribution in [3.63, 3.8) is 0 Å². The predicted molar refractivity (Wildman–Crippen MR) is 76.2 cm³/mol. The summed E-state index contributed by atoms with van der Waals surface area (Å²) in [5.74, 6) is 0.274. The van der Waals surface area contributed by atoms with Gasteiger partial charge in [0, 0.05) is 12.2 Å². The van der Waals surface area contributed by atoms with Gasteiger partial charge < -0.3 is 16.2 Å². The van der Waals surface area contributed by atoms with Gasteiger partial charge in [0.05, 0.1) is 16.7 Å². The zero-order valence-electron chi connectivity index (χ0n) is 10.7. The maximum atomic E-state index is 12.0. The first kappa shape index (κ1) is 14.2. The summed E-state index contributed by atoms with van der Waals surface area (Å²) in [6.45, 7) is 0.631. The molecule has 0 unspecified atom stereocenters. The molecule has 1 saturated carbocycles. The van der Waals surface area contributed by atoms with Gasteiger partial charge >= 0.3 is 0 Å². The molecule has 1 amide bonds. The van der Waals surface area contributed by atoms with Gasteiger partial charge in [-0.2, -0.15) is 0 Å². The summed E-state index contributed by atoms with van der Waals surface area (Å²) in [4.78, 5) is 12.0. The van der Waals surface area contributed by atoms with Crippen molar-refractivity contribution in [2.45, 2.75) is 31.8 Å². The van der Waals surface area contributed by atoms with Gasteiger partial charge in [-0.1, -0.05) is 11.6 Å². The number of nitrogens with one attached hydrogen (secondary N) is 1. The van der Waals surface area contributed by atoms with Gasteiger partial charge in [0.2, 0.25) is 0 Å². The molecule has 0 atom stereocenters. The molecule has 1 aliphatic rings. The van der Waals surface area contributed by atoms with Crippen molar-refractivity contribution in [2.24, 2.45) is 5.92 Å². The molecule has 1 aromatic carbocycles. The molecule has 104 valence electrons. The number of benzene rings is 1. The highest BCUT2D eigenvalue weighted by atomic mass is 35.5. The summed E-state index contributed by atoms with van der Waals surface area (Å²) in [6.07, 6.45) is 3.39. The van der Waals surface area contributed by atoms with Gasteiger partial charge in [0.15, 0.2) is 0 Å². The number of hydrogen-bond acceptors (Lipinski definition) is 3. The molecule has 19 heavy (non-hydrogen) atoms. The fourth-order valence-electron chi connectivity index (χ4n) is 2.40. The first-order chi connectivity index (χ1) is 9.06. The lowest BCUT2D eigenvalue weighted by atomic mass is 9.87.